The van der Waals surface area contributed by atoms with Gasteiger partial charge in [0.2, 0.25) is 0 Å². The van der Waals surface area contributed by atoms with Crippen LogP contribution in [-0.2, 0) is 0 Å². The molecule has 0 aromatic heterocycles. The summed E-state index contributed by atoms with van der Waals surface area (Å²) in [6, 6.07) is 11.4. The number of hydrogen-bond donors (Lipinski definition) is 2. The van der Waals surface area contributed by atoms with Gasteiger partial charge in [-0.25, -0.2) is 0 Å². The van der Waals surface area contributed by atoms with Crippen molar-refractivity contribution in [3.8, 4) is 11.5 Å². The van der Waals surface area contributed by atoms with Crippen molar-refractivity contribution >= 4 is 21.6 Å². The third kappa shape index (κ3) is 4.14. The third-order valence-corrected chi connectivity index (χ3v) is 5.95. The molecule has 0 spiro atoms. The molecule has 0 saturated heterocycles. The Labute approximate surface area is 140 Å². The van der Waals surface area contributed by atoms with E-state index in [1.807, 2.05) is 24.3 Å². The molecule has 2 N–H and O–H groups in total. The molecular weight excluding hydrogens is 312 g/mol. The van der Waals surface area contributed by atoms with E-state index in [9.17, 15) is 10.2 Å². The Morgan fingerprint density at radius 2 is 1.05 bits per heavy atom. The van der Waals surface area contributed by atoms with E-state index in [1.165, 1.54) is 32.7 Å². The van der Waals surface area contributed by atoms with Gasteiger partial charge in [-0.2, -0.15) is 0 Å². The maximum absolute atomic E-state index is 10.0. The van der Waals surface area contributed by atoms with Gasteiger partial charge in [-0.05, 0) is 68.8 Å². The first-order valence-corrected chi connectivity index (χ1v) is 9.53. The molecule has 0 amide bonds. The van der Waals surface area contributed by atoms with Crippen LogP contribution >= 0.6 is 21.6 Å². The first-order valence-electron chi connectivity index (χ1n) is 7.38. The molecule has 2 nitrogen and oxygen atoms in total. The Balaban J connectivity index is 2.19. The second kappa shape index (κ2) is 7.34. The Bertz CT molecular complexity index is 594. The molecular formula is C18H22O2S2. The van der Waals surface area contributed by atoms with Crippen LogP contribution in [0.25, 0.3) is 0 Å². The largest absolute Gasteiger partial charge is 0.507 e. The van der Waals surface area contributed by atoms with E-state index in [0.29, 0.717) is 11.8 Å². The Kier molecular flexibility index (Phi) is 5.70. The minimum Gasteiger partial charge on any atom is -0.507 e. The van der Waals surface area contributed by atoms with Crippen LogP contribution in [0.1, 0.15) is 50.7 Å². The number of phenolic OH excluding ortho intramolecular Hbond substituents is 2. The lowest BCUT2D eigenvalue weighted by molar-refractivity contribution is 0.461. The van der Waals surface area contributed by atoms with Gasteiger partial charge < -0.3 is 10.2 Å². The fourth-order valence-corrected chi connectivity index (χ4v) is 4.20. The summed E-state index contributed by atoms with van der Waals surface area (Å²) in [7, 11) is 2.95. The summed E-state index contributed by atoms with van der Waals surface area (Å²) in [5.74, 6) is 1.40. The molecule has 0 radical (unpaired) electrons. The van der Waals surface area contributed by atoms with Gasteiger partial charge in [0.25, 0.3) is 0 Å². The molecule has 22 heavy (non-hydrogen) atoms. The number of aromatic hydroxyl groups is 2. The standard InChI is InChI=1S/C18H22O2S2/c1-11(2)13-5-7-15(19)17(9-13)21-22-18-10-14(12(3)4)6-8-16(18)20/h5-12,19-20H,1-4H3. The number of hydrogen-bond acceptors (Lipinski definition) is 4. The quantitative estimate of drug-likeness (QED) is 0.644. The van der Waals surface area contributed by atoms with Gasteiger partial charge in [-0.15, -0.1) is 0 Å². The molecule has 0 atom stereocenters. The summed E-state index contributed by atoms with van der Waals surface area (Å²) < 4.78 is 0. The molecule has 2 aromatic carbocycles. The van der Waals surface area contributed by atoms with Gasteiger partial charge >= 0.3 is 0 Å². The van der Waals surface area contributed by atoms with E-state index < -0.39 is 0 Å². The summed E-state index contributed by atoms with van der Waals surface area (Å²) in [5, 5.41) is 20.0. The molecule has 2 rings (SSSR count). The lowest BCUT2D eigenvalue weighted by atomic mass is 10.0. The van der Waals surface area contributed by atoms with Crippen molar-refractivity contribution in [3.63, 3.8) is 0 Å². The van der Waals surface area contributed by atoms with Gasteiger partial charge in [0.15, 0.2) is 0 Å². The average molecular weight is 335 g/mol. The van der Waals surface area contributed by atoms with E-state index in [1.54, 1.807) is 12.1 Å². The zero-order valence-corrected chi connectivity index (χ0v) is 15.0. The number of benzene rings is 2. The lowest BCUT2D eigenvalue weighted by Crippen LogP contribution is -1.88. The molecule has 0 aliphatic heterocycles. The van der Waals surface area contributed by atoms with Crippen molar-refractivity contribution < 1.29 is 10.2 Å². The molecule has 0 fully saturated rings. The van der Waals surface area contributed by atoms with E-state index in [-0.39, 0.29) is 11.5 Å². The van der Waals surface area contributed by atoms with Gasteiger partial charge in [0, 0.05) is 0 Å². The Morgan fingerprint density at radius 1 is 0.682 bits per heavy atom. The third-order valence-electron chi connectivity index (χ3n) is 3.52. The molecule has 0 saturated carbocycles. The molecule has 0 unspecified atom stereocenters. The first-order chi connectivity index (χ1) is 10.4. The zero-order chi connectivity index (χ0) is 16.3. The highest BCUT2D eigenvalue weighted by molar-refractivity contribution is 8.76. The van der Waals surface area contributed by atoms with Crippen molar-refractivity contribution in [2.75, 3.05) is 0 Å². The maximum atomic E-state index is 10.0. The molecule has 4 heteroatoms. The van der Waals surface area contributed by atoms with E-state index in [2.05, 4.69) is 27.7 Å². The fourth-order valence-electron chi connectivity index (χ4n) is 2.00. The predicted octanol–water partition coefficient (Wildman–Crippen LogP) is 6.14. The monoisotopic (exact) mass is 334 g/mol. The summed E-state index contributed by atoms with van der Waals surface area (Å²) >= 11 is 0. The highest BCUT2D eigenvalue weighted by atomic mass is 33.1. The van der Waals surface area contributed by atoms with Crippen molar-refractivity contribution in [2.45, 2.75) is 49.3 Å². The van der Waals surface area contributed by atoms with Crippen LogP contribution in [-0.4, -0.2) is 10.2 Å². The van der Waals surface area contributed by atoms with E-state index in [0.717, 1.165) is 9.79 Å². The van der Waals surface area contributed by atoms with Crippen molar-refractivity contribution in [3.05, 3.63) is 47.5 Å². The number of rotatable bonds is 5. The van der Waals surface area contributed by atoms with Crippen molar-refractivity contribution in [1.82, 2.24) is 0 Å². The maximum Gasteiger partial charge on any atom is 0.130 e. The van der Waals surface area contributed by atoms with Gasteiger partial charge in [-0.3, -0.25) is 0 Å². The highest BCUT2D eigenvalue weighted by Crippen LogP contribution is 2.45. The molecule has 0 aliphatic carbocycles. The normalized spacial score (nSPS) is 11.4. The second-order valence-corrected chi connectivity index (χ2v) is 8.14. The molecule has 2 aromatic rings. The van der Waals surface area contributed by atoms with Crippen LogP contribution in [0, 0.1) is 0 Å². The first kappa shape index (κ1) is 17.1. The smallest absolute Gasteiger partial charge is 0.130 e. The summed E-state index contributed by atoms with van der Waals surface area (Å²) in [6.07, 6.45) is 0. The van der Waals surface area contributed by atoms with E-state index >= 15 is 0 Å². The van der Waals surface area contributed by atoms with Crippen molar-refractivity contribution in [1.29, 1.82) is 0 Å². The van der Waals surface area contributed by atoms with Crippen LogP contribution < -0.4 is 0 Å². The van der Waals surface area contributed by atoms with Crippen LogP contribution in [0.4, 0.5) is 0 Å². The van der Waals surface area contributed by atoms with Gasteiger partial charge in [0.1, 0.15) is 11.5 Å². The van der Waals surface area contributed by atoms with E-state index in [4.69, 9.17) is 0 Å². The minimum absolute atomic E-state index is 0.279. The SMILES string of the molecule is CC(C)c1ccc(O)c(SSc2cc(C(C)C)ccc2O)c1. The van der Waals surface area contributed by atoms with Crippen LogP contribution in [0.2, 0.25) is 0 Å². The fraction of sp³-hybridized carbons (Fsp3) is 0.333. The molecule has 0 aliphatic rings. The van der Waals surface area contributed by atoms with Crippen LogP contribution in [0.5, 0.6) is 11.5 Å². The molecule has 0 heterocycles. The van der Waals surface area contributed by atoms with Crippen LogP contribution in [0.3, 0.4) is 0 Å². The summed E-state index contributed by atoms with van der Waals surface area (Å²) in [6.45, 7) is 8.52. The minimum atomic E-state index is 0.279. The topological polar surface area (TPSA) is 40.5 Å². The van der Waals surface area contributed by atoms with Crippen molar-refractivity contribution in [2.24, 2.45) is 0 Å². The second-order valence-electron chi connectivity index (χ2n) is 5.93. The Hall–Kier alpha value is -1.26. The van der Waals surface area contributed by atoms with Gasteiger partial charge in [0.05, 0.1) is 9.79 Å². The number of phenols is 2. The summed E-state index contributed by atoms with van der Waals surface area (Å²) in [4.78, 5) is 1.65. The van der Waals surface area contributed by atoms with Gasteiger partial charge in [-0.1, -0.05) is 39.8 Å². The zero-order valence-electron chi connectivity index (χ0n) is 13.3. The average Bonchev–Trinajstić information content (AvgIpc) is 2.47. The van der Waals surface area contributed by atoms with Crippen LogP contribution in [0.15, 0.2) is 46.2 Å². The Morgan fingerprint density at radius 3 is 1.36 bits per heavy atom. The molecule has 118 valence electrons. The summed E-state index contributed by atoms with van der Waals surface area (Å²) in [5.41, 5.74) is 2.39. The molecule has 0 bridgehead atoms. The highest BCUT2D eigenvalue weighted by Gasteiger charge is 2.10. The predicted molar refractivity (Wildman–Crippen MR) is 96.1 cm³/mol. The lowest BCUT2D eigenvalue weighted by Gasteiger charge is -2.11.